The highest BCUT2D eigenvalue weighted by atomic mass is 19.1. The van der Waals surface area contributed by atoms with Crippen LogP contribution < -0.4 is 14.2 Å². The van der Waals surface area contributed by atoms with Crippen LogP contribution in [-0.2, 0) is 0 Å². The quantitative estimate of drug-likeness (QED) is 0.177. The molecule has 0 unspecified atom stereocenters. The van der Waals surface area contributed by atoms with E-state index in [-0.39, 0.29) is 22.8 Å². The first-order valence-electron chi connectivity index (χ1n) is 11.8. The van der Waals surface area contributed by atoms with Crippen LogP contribution in [0.4, 0.5) is 4.39 Å². The number of carbonyl (C=O) groups is 1. The Bertz CT molecular complexity index is 923. The summed E-state index contributed by atoms with van der Waals surface area (Å²) >= 11 is 0. The summed E-state index contributed by atoms with van der Waals surface area (Å²) in [5.74, 6) is -0.224. The van der Waals surface area contributed by atoms with Crippen LogP contribution in [-0.4, -0.2) is 30.7 Å². The molecule has 0 aliphatic heterocycles. The normalized spacial score (nSPS) is 11.0. The van der Waals surface area contributed by atoms with Crippen molar-refractivity contribution in [3.63, 3.8) is 0 Å². The topological polar surface area (TPSA) is 65.0 Å². The number of halogens is 1. The minimum absolute atomic E-state index is 0.0604. The Kier molecular flexibility index (Phi) is 11.3. The van der Waals surface area contributed by atoms with Gasteiger partial charge in [0, 0.05) is 12.1 Å². The first-order chi connectivity index (χ1) is 16.0. The summed E-state index contributed by atoms with van der Waals surface area (Å²) in [6, 6.07) is 7.60. The van der Waals surface area contributed by atoms with E-state index in [1.807, 2.05) is 13.8 Å². The Balaban J connectivity index is 2.20. The highest BCUT2D eigenvalue weighted by Gasteiger charge is 2.18. The van der Waals surface area contributed by atoms with Gasteiger partial charge in [-0.3, -0.25) is 4.79 Å². The van der Waals surface area contributed by atoms with Crippen molar-refractivity contribution in [2.45, 2.75) is 59.3 Å². The Labute approximate surface area is 196 Å². The first kappa shape index (κ1) is 26.2. The van der Waals surface area contributed by atoms with Crippen molar-refractivity contribution in [1.82, 2.24) is 0 Å². The van der Waals surface area contributed by atoms with Gasteiger partial charge in [-0.15, -0.1) is 0 Å². The number of carbonyl (C=O) groups excluding carboxylic acids is 1. The van der Waals surface area contributed by atoms with E-state index in [0.717, 1.165) is 38.5 Å². The van der Waals surface area contributed by atoms with Crippen LogP contribution in [0.15, 0.2) is 36.4 Å². The van der Waals surface area contributed by atoms with Gasteiger partial charge in [-0.25, -0.2) is 4.39 Å². The molecule has 0 fully saturated rings. The zero-order valence-electron chi connectivity index (χ0n) is 19.9. The van der Waals surface area contributed by atoms with Gasteiger partial charge in [-0.2, -0.15) is 0 Å². The predicted molar refractivity (Wildman–Crippen MR) is 129 cm³/mol. The number of unbranched alkanes of at least 4 members (excludes halogenated alkanes) is 3. The van der Waals surface area contributed by atoms with Gasteiger partial charge in [-0.1, -0.05) is 52.2 Å². The lowest BCUT2D eigenvalue weighted by Crippen LogP contribution is -2.05. The molecule has 0 radical (unpaired) electrons. The van der Waals surface area contributed by atoms with Crippen molar-refractivity contribution >= 4 is 11.9 Å². The molecule has 2 rings (SSSR count). The van der Waals surface area contributed by atoms with Crippen molar-refractivity contribution in [2.75, 3.05) is 19.8 Å². The van der Waals surface area contributed by atoms with Crippen LogP contribution in [0.1, 0.15) is 75.2 Å². The average molecular weight is 459 g/mol. The molecule has 0 amide bonds. The first-order valence-corrected chi connectivity index (χ1v) is 11.8. The molecule has 0 aromatic heterocycles. The van der Waals surface area contributed by atoms with Crippen LogP contribution in [0.2, 0.25) is 0 Å². The lowest BCUT2D eigenvalue weighted by atomic mass is 10.1. The van der Waals surface area contributed by atoms with Gasteiger partial charge in [0.15, 0.2) is 17.3 Å². The molecular weight excluding hydrogens is 423 g/mol. The number of ether oxygens (including phenoxy) is 3. The van der Waals surface area contributed by atoms with E-state index in [1.54, 1.807) is 18.2 Å². The number of phenols is 1. The number of allylic oxidation sites excluding steroid dienone is 1. The summed E-state index contributed by atoms with van der Waals surface area (Å²) in [6.07, 6.45) is 8.24. The van der Waals surface area contributed by atoms with Crippen LogP contribution >= 0.6 is 0 Å². The third-order valence-corrected chi connectivity index (χ3v) is 4.96. The molecule has 33 heavy (non-hydrogen) atoms. The fraction of sp³-hybridized carbons (Fsp3) is 0.444. The van der Waals surface area contributed by atoms with Gasteiger partial charge in [0.2, 0.25) is 0 Å². The van der Waals surface area contributed by atoms with Crippen molar-refractivity contribution in [2.24, 2.45) is 0 Å². The Morgan fingerprint density at radius 1 is 0.879 bits per heavy atom. The predicted octanol–water partition coefficient (Wildman–Crippen LogP) is 6.96. The fourth-order valence-corrected chi connectivity index (χ4v) is 3.00. The maximum absolute atomic E-state index is 14.3. The average Bonchev–Trinajstić information content (AvgIpc) is 2.79. The van der Waals surface area contributed by atoms with E-state index < -0.39 is 11.6 Å². The van der Waals surface area contributed by atoms with E-state index in [0.29, 0.717) is 31.1 Å². The van der Waals surface area contributed by atoms with Gasteiger partial charge < -0.3 is 19.3 Å². The lowest BCUT2D eigenvalue weighted by molar-refractivity contribution is 0.104. The molecule has 0 atom stereocenters. The Hall–Kier alpha value is -3.02. The molecule has 180 valence electrons. The van der Waals surface area contributed by atoms with Gasteiger partial charge in [0.25, 0.3) is 0 Å². The molecule has 6 heteroatoms. The standard InChI is InChI=1S/C27H35FO5/c1-4-7-14-31-21-18-24(30)27(26(19-21)33-16-9-6-3)23(29)12-10-20-11-13-25(22(28)17-20)32-15-8-5-2/h10-13,17-19,30H,4-9,14-16H2,1-3H3/b12-10+. The maximum atomic E-state index is 14.3. The van der Waals surface area contributed by atoms with E-state index in [9.17, 15) is 14.3 Å². The number of hydrogen-bond acceptors (Lipinski definition) is 5. The number of phenolic OH excluding ortho intramolecular Hbond substituents is 1. The SMILES string of the molecule is CCCCOc1cc(O)c(C(=O)/C=C/c2ccc(OCCCC)c(F)c2)c(OCCCC)c1. The number of ketones is 1. The monoisotopic (exact) mass is 458 g/mol. The Morgan fingerprint density at radius 2 is 1.48 bits per heavy atom. The van der Waals surface area contributed by atoms with Gasteiger partial charge in [0.1, 0.15) is 22.8 Å². The van der Waals surface area contributed by atoms with Gasteiger partial charge in [-0.05, 0) is 43.0 Å². The van der Waals surface area contributed by atoms with E-state index in [4.69, 9.17) is 14.2 Å². The van der Waals surface area contributed by atoms with Crippen molar-refractivity contribution in [3.05, 3.63) is 53.4 Å². The van der Waals surface area contributed by atoms with E-state index in [1.165, 1.54) is 24.3 Å². The molecule has 5 nitrogen and oxygen atoms in total. The summed E-state index contributed by atoms with van der Waals surface area (Å²) in [5.41, 5.74) is 0.571. The molecule has 2 aromatic carbocycles. The third kappa shape index (κ3) is 8.44. The van der Waals surface area contributed by atoms with Gasteiger partial charge in [0.05, 0.1) is 19.8 Å². The molecule has 0 bridgehead atoms. The van der Waals surface area contributed by atoms with Crippen LogP contribution in [0.25, 0.3) is 6.08 Å². The molecular formula is C27H35FO5. The van der Waals surface area contributed by atoms with Gasteiger partial charge >= 0.3 is 0 Å². The molecule has 0 heterocycles. The highest BCUT2D eigenvalue weighted by molar-refractivity contribution is 6.10. The summed E-state index contributed by atoms with van der Waals surface area (Å²) in [7, 11) is 0. The van der Waals surface area contributed by atoms with Crippen molar-refractivity contribution < 1.29 is 28.5 Å². The zero-order valence-corrected chi connectivity index (χ0v) is 19.9. The number of hydrogen-bond donors (Lipinski definition) is 1. The van der Waals surface area contributed by atoms with Crippen molar-refractivity contribution in [1.29, 1.82) is 0 Å². The fourth-order valence-electron chi connectivity index (χ4n) is 3.00. The second-order valence-electron chi connectivity index (χ2n) is 7.81. The lowest BCUT2D eigenvalue weighted by Gasteiger charge is -2.14. The summed E-state index contributed by atoms with van der Waals surface area (Å²) in [4.78, 5) is 12.9. The maximum Gasteiger partial charge on any atom is 0.193 e. The molecule has 0 aliphatic rings. The van der Waals surface area contributed by atoms with Crippen LogP contribution in [0.5, 0.6) is 23.0 Å². The number of aromatic hydroxyl groups is 1. The molecule has 0 spiro atoms. The molecule has 0 saturated carbocycles. The zero-order chi connectivity index (χ0) is 24.1. The highest BCUT2D eigenvalue weighted by Crippen LogP contribution is 2.34. The number of rotatable bonds is 15. The van der Waals surface area contributed by atoms with E-state index >= 15 is 0 Å². The molecule has 0 saturated heterocycles. The summed E-state index contributed by atoms with van der Waals surface area (Å²) in [6.45, 7) is 7.53. The van der Waals surface area contributed by atoms with Crippen molar-refractivity contribution in [3.8, 4) is 23.0 Å². The molecule has 2 aromatic rings. The smallest absolute Gasteiger partial charge is 0.193 e. The summed E-state index contributed by atoms with van der Waals surface area (Å²) in [5, 5.41) is 10.5. The summed E-state index contributed by atoms with van der Waals surface area (Å²) < 4.78 is 31.2. The second kappa shape index (κ2) is 14.2. The molecule has 0 aliphatic carbocycles. The minimum atomic E-state index is -0.485. The molecule has 1 N–H and O–H groups in total. The second-order valence-corrected chi connectivity index (χ2v) is 7.81. The third-order valence-electron chi connectivity index (χ3n) is 4.96. The van der Waals surface area contributed by atoms with Crippen LogP contribution in [0.3, 0.4) is 0 Å². The largest absolute Gasteiger partial charge is 0.507 e. The number of benzene rings is 2. The minimum Gasteiger partial charge on any atom is -0.507 e. The Morgan fingerprint density at radius 3 is 2.09 bits per heavy atom. The van der Waals surface area contributed by atoms with Crippen LogP contribution in [0, 0.1) is 5.82 Å². The van der Waals surface area contributed by atoms with E-state index in [2.05, 4.69) is 6.92 Å².